The van der Waals surface area contributed by atoms with Crippen molar-refractivity contribution in [1.29, 1.82) is 0 Å². The number of hydrogen-bond acceptors (Lipinski definition) is 1. The summed E-state index contributed by atoms with van der Waals surface area (Å²) < 4.78 is 4.71. The second kappa shape index (κ2) is 10.8. The molecule has 0 saturated heterocycles. The van der Waals surface area contributed by atoms with Gasteiger partial charge < -0.3 is 14.1 Å². The molecule has 7 aromatic carbocycles. The van der Waals surface area contributed by atoms with Crippen LogP contribution in [0.15, 0.2) is 176 Å². The molecule has 0 aliphatic heterocycles. The number of nitrogens with one attached hydrogen (secondary N) is 1. The monoisotopic (exact) mass is 650 g/mol. The van der Waals surface area contributed by atoms with Gasteiger partial charge in [-0.15, -0.1) is 0 Å². The Balaban J connectivity index is 1.03. The number of fused-ring (bicyclic) bond motifs is 9. The Morgan fingerprint density at radius 3 is 1.84 bits per heavy atom. The summed E-state index contributed by atoms with van der Waals surface area (Å²) in [6.07, 6.45) is 1.89. The van der Waals surface area contributed by atoms with E-state index in [2.05, 4.69) is 178 Å². The first-order valence-corrected chi connectivity index (χ1v) is 17.4. The van der Waals surface area contributed by atoms with Gasteiger partial charge in [-0.25, -0.2) is 0 Å². The topological polar surface area (TPSA) is 38.5 Å². The summed E-state index contributed by atoms with van der Waals surface area (Å²) >= 11 is 0. The van der Waals surface area contributed by atoms with Gasteiger partial charge in [0.15, 0.2) is 0 Å². The molecule has 4 heterocycles. The lowest BCUT2D eigenvalue weighted by molar-refractivity contribution is 1.17. The molecule has 0 radical (unpaired) electrons. The van der Waals surface area contributed by atoms with Gasteiger partial charge in [0.25, 0.3) is 0 Å². The van der Waals surface area contributed by atoms with E-state index in [4.69, 9.17) is 4.98 Å². The van der Waals surface area contributed by atoms with Crippen molar-refractivity contribution >= 4 is 65.5 Å². The fourth-order valence-corrected chi connectivity index (χ4v) is 8.13. The third-order valence-corrected chi connectivity index (χ3v) is 10.5. The molecule has 0 unspecified atom stereocenters. The summed E-state index contributed by atoms with van der Waals surface area (Å²) in [5.74, 6) is 0. The second-order valence-electron chi connectivity index (χ2n) is 13.3. The Labute approximate surface area is 293 Å². The fourth-order valence-electron chi connectivity index (χ4n) is 8.13. The average molecular weight is 651 g/mol. The molecule has 0 bridgehead atoms. The molecule has 4 aromatic heterocycles. The molecule has 11 aromatic rings. The van der Waals surface area contributed by atoms with Gasteiger partial charge in [-0.1, -0.05) is 91.0 Å². The highest BCUT2D eigenvalue weighted by Crippen LogP contribution is 2.38. The van der Waals surface area contributed by atoms with Gasteiger partial charge >= 0.3 is 0 Å². The third kappa shape index (κ3) is 4.23. The molecule has 11 rings (SSSR count). The lowest BCUT2D eigenvalue weighted by Gasteiger charge is -2.11. The minimum Gasteiger partial charge on any atom is -0.355 e. The van der Waals surface area contributed by atoms with Crippen molar-refractivity contribution in [3.63, 3.8) is 0 Å². The summed E-state index contributed by atoms with van der Waals surface area (Å²) in [7, 11) is 0. The predicted octanol–water partition coefficient (Wildman–Crippen LogP) is 12.2. The number of benzene rings is 7. The first-order valence-electron chi connectivity index (χ1n) is 17.4. The Kier molecular flexibility index (Phi) is 5.92. The van der Waals surface area contributed by atoms with Crippen LogP contribution in [0.4, 0.5) is 0 Å². The van der Waals surface area contributed by atoms with Gasteiger partial charge in [0.1, 0.15) is 0 Å². The summed E-state index contributed by atoms with van der Waals surface area (Å²) in [5, 5.41) is 6.15. The lowest BCUT2D eigenvalue weighted by Crippen LogP contribution is -1.94. The number of para-hydroxylation sites is 3. The number of H-pyrrole nitrogens is 1. The van der Waals surface area contributed by atoms with Crippen molar-refractivity contribution in [1.82, 2.24) is 19.1 Å². The van der Waals surface area contributed by atoms with Crippen molar-refractivity contribution < 1.29 is 0 Å². The van der Waals surface area contributed by atoms with Crippen LogP contribution < -0.4 is 0 Å². The molecule has 51 heavy (non-hydrogen) atoms. The highest BCUT2D eigenvalue weighted by molar-refractivity contribution is 6.12. The first kappa shape index (κ1) is 28.0. The smallest absolute Gasteiger partial charge is 0.0963 e. The van der Waals surface area contributed by atoms with E-state index in [9.17, 15) is 0 Å². The van der Waals surface area contributed by atoms with Crippen LogP contribution in [0.2, 0.25) is 0 Å². The molecule has 0 atom stereocenters. The van der Waals surface area contributed by atoms with E-state index in [-0.39, 0.29) is 0 Å². The normalized spacial score (nSPS) is 11.9. The number of aromatic amines is 1. The molecule has 4 heteroatoms. The fraction of sp³-hybridized carbons (Fsp3) is 0. The molecular weight excluding hydrogens is 621 g/mol. The largest absolute Gasteiger partial charge is 0.355 e. The van der Waals surface area contributed by atoms with Crippen LogP contribution in [0, 0.1) is 0 Å². The molecule has 0 saturated carbocycles. The van der Waals surface area contributed by atoms with Crippen LogP contribution in [-0.2, 0) is 0 Å². The summed E-state index contributed by atoms with van der Waals surface area (Å²) in [5.41, 5.74) is 15.0. The summed E-state index contributed by atoms with van der Waals surface area (Å²) in [6, 6.07) is 61.3. The number of aromatic nitrogens is 4. The number of nitrogens with zero attached hydrogens (tertiary/aromatic N) is 3. The minimum atomic E-state index is 1.01. The molecule has 0 aliphatic rings. The van der Waals surface area contributed by atoms with Gasteiger partial charge in [0, 0.05) is 55.5 Å². The van der Waals surface area contributed by atoms with E-state index in [1.807, 2.05) is 12.3 Å². The predicted molar refractivity (Wildman–Crippen MR) is 213 cm³/mol. The summed E-state index contributed by atoms with van der Waals surface area (Å²) in [4.78, 5) is 8.39. The van der Waals surface area contributed by atoms with Gasteiger partial charge in [0.2, 0.25) is 0 Å². The Morgan fingerprint density at radius 1 is 0.353 bits per heavy atom. The zero-order valence-electron chi connectivity index (χ0n) is 27.6. The van der Waals surface area contributed by atoms with Crippen LogP contribution in [0.5, 0.6) is 0 Å². The zero-order valence-corrected chi connectivity index (χ0v) is 27.6. The minimum absolute atomic E-state index is 1.01. The van der Waals surface area contributed by atoms with Crippen molar-refractivity contribution in [2.75, 3.05) is 0 Å². The standard InChI is InChI=1S/C47H30N4/c1-2-9-34(10-3-1)50-44-25-20-31(28-40(44)47-45(50)15-8-26-48-47)30-16-21-35(22-17-30)51-43-14-7-5-12-37(43)38-23-18-33(29-46(38)51)32-19-24-42-39(27-32)36-11-4-6-13-41(36)49-42/h1-29,49H. The average Bonchev–Trinajstić information content (AvgIpc) is 3.85. The van der Waals surface area contributed by atoms with Crippen molar-refractivity contribution in [2.45, 2.75) is 0 Å². The highest BCUT2D eigenvalue weighted by atomic mass is 15.0. The molecule has 0 amide bonds. The molecular formula is C47H30N4. The lowest BCUT2D eigenvalue weighted by atomic mass is 10.0. The van der Waals surface area contributed by atoms with Gasteiger partial charge in [0.05, 0.1) is 27.6 Å². The van der Waals surface area contributed by atoms with Crippen LogP contribution >= 0.6 is 0 Å². The van der Waals surface area contributed by atoms with Crippen molar-refractivity contribution in [2.24, 2.45) is 0 Å². The maximum atomic E-state index is 4.82. The highest BCUT2D eigenvalue weighted by Gasteiger charge is 2.16. The van der Waals surface area contributed by atoms with Crippen LogP contribution in [0.1, 0.15) is 0 Å². The molecule has 0 fully saturated rings. The molecule has 238 valence electrons. The maximum absolute atomic E-state index is 4.82. The molecule has 0 spiro atoms. The van der Waals surface area contributed by atoms with E-state index in [1.54, 1.807) is 0 Å². The van der Waals surface area contributed by atoms with Gasteiger partial charge in [-0.3, -0.25) is 4.98 Å². The van der Waals surface area contributed by atoms with Crippen molar-refractivity contribution in [3.05, 3.63) is 176 Å². The molecule has 0 aliphatic carbocycles. The van der Waals surface area contributed by atoms with Crippen LogP contribution in [0.25, 0.3) is 99.2 Å². The third-order valence-electron chi connectivity index (χ3n) is 10.5. The molecule has 1 N–H and O–H groups in total. The molecule has 4 nitrogen and oxygen atoms in total. The Morgan fingerprint density at radius 2 is 0.941 bits per heavy atom. The second-order valence-corrected chi connectivity index (χ2v) is 13.3. The zero-order chi connectivity index (χ0) is 33.5. The SMILES string of the molecule is c1ccc(-n2c3ccc(-c4ccc(-n5c6ccccc6c6ccc(-c7ccc8[nH]c9ccccc9c8c7)cc65)cc4)cc3c3ncccc32)cc1. The van der Waals surface area contributed by atoms with E-state index < -0.39 is 0 Å². The van der Waals surface area contributed by atoms with E-state index in [0.29, 0.717) is 0 Å². The van der Waals surface area contributed by atoms with E-state index in [0.717, 1.165) is 38.8 Å². The van der Waals surface area contributed by atoms with Crippen LogP contribution in [-0.4, -0.2) is 19.1 Å². The number of hydrogen-bond donors (Lipinski definition) is 1. The van der Waals surface area contributed by atoms with E-state index in [1.165, 1.54) is 60.3 Å². The quantitative estimate of drug-likeness (QED) is 0.202. The first-order chi connectivity index (χ1) is 25.3. The maximum Gasteiger partial charge on any atom is 0.0963 e. The number of rotatable bonds is 4. The Bertz CT molecular complexity index is 3120. The van der Waals surface area contributed by atoms with Gasteiger partial charge in [-0.05, 0) is 101 Å². The van der Waals surface area contributed by atoms with Crippen LogP contribution in [0.3, 0.4) is 0 Å². The number of pyridine rings is 1. The van der Waals surface area contributed by atoms with E-state index >= 15 is 0 Å². The van der Waals surface area contributed by atoms with Gasteiger partial charge in [-0.2, -0.15) is 0 Å². The summed E-state index contributed by atoms with van der Waals surface area (Å²) in [6.45, 7) is 0. The van der Waals surface area contributed by atoms with Crippen molar-refractivity contribution in [3.8, 4) is 33.6 Å². The Hall–Kier alpha value is -6.91.